The minimum Gasteiger partial charge on any atom is -0.394 e. The first kappa shape index (κ1) is 12.9. The van der Waals surface area contributed by atoms with Crippen molar-refractivity contribution in [2.24, 2.45) is 0 Å². The van der Waals surface area contributed by atoms with Crippen molar-refractivity contribution in [3.63, 3.8) is 0 Å². The summed E-state index contributed by atoms with van der Waals surface area (Å²) >= 11 is 0. The number of carbonyl (C=O) groups excluding carboxylic acids is 1. The van der Waals surface area contributed by atoms with Crippen molar-refractivity contribution in [2.45, 2.75) is 19.4 Å². The molecule has 3 heteroatoms. The summed E-state index contributed by atoms with van der Waals surface area (Å²) in [4.78, 5) is 14.5. The van der Waals surface area contributed by atoms with Crippen LogP contribution in [0.5, 0.6) is 0 Å². The topological polar surface area (TPSA) is 40.5 Å². The second kappa shape index (κ2) is 5.10. The number of amides is 1. The lowest BCUT2D eigenvalue weighted by atomic mass is 9.90. The lowest BCUT2D eigenvalue weighted by Gasteiger charge is -2.36. The highest BCUT2D eigenvalue weighted by Gasteiger charge is 2.33. The molecule has 0 saturated carbocycles. The first-order chi connectivity index (χ1) is 9.72. The summed E-state index contributed by atoms with van der Waals surface area (Å²) in [6, 6.07) is 15.3. The molecule has 1 N–H and O–H groups in total. The molecule has 102 valence electrons. The molecule has 1 amide bonds. The number of aliphatic hydroxyl groups excluding tert-OH is 1. The maximum atomic E-state index is 12.8. The van der Waals surface area contributed by atoms with Gasteiger partial charge in [0.05, 0.1) is 12.6 Å². The van der Waals surface area contributed by atoms with Gasteiger partial charge in [-0.05, 0) is 36.6 Å². The zero-order chi connectivity index (χ0) is 14.1. The predicted molar refractivity (Wildman–Crippen MR) is 79.0 cm³/mol. The molecule has 0 radical (unpaired) electrons. The van der Waals surface area contributed by atoms with E-state index < -0.39 is 0 Å². The van der Waals surface area contributed by atoms with Gasteiger partial charge < -0.3 is 10.0 Å². The smallest absolute Gasteiger partial charge is 0.259 e. The number of carbonyl (C=O) groups is 1. The number of para-hydroxylation sites is 1. The number of hydrogen-bond donors (Lipinski definition) is 1. The lowest BCUT2D eigenvalue weighted by Crippen LogP contribution is -2.48. The van der Waals surface area contributed by atoms with E-state index >= 15 is 0 Å². The zero-order valence-corrected chi connectivity index (χ0v) is 11.4. The highest BCUT2D eigenvalue weighted by atomic mass is 16.3. The number of aryl methyl sites for hydroxylation is 1. The van der Waals surface area contributed by atoms with Crippen molar-refractivity contribution in [1.29, 1.82) is 0 Å². The van der Waals surface area contributed by atoms with E-state index in [0.717, 1.165) is 22.4 Å². The van der Waals surface area contributed by atoms with E-state index in [-0.39, 0.29) is 18.6 Å². The largest absolute Gasteiger partial charge is 0.394 e. The van der Waals surface area contributed by atoms with Gasteiger partial charge >= 0.3 is 0 Å². The number of fused-ring (bicyclic) bond motifs is 1. The number of nitrogens with zero attached hydrogens (tertiary/aromatic N) is 1. The van der Waals surface area contributed by atoms with Crippen LogP contribution in [0.4, 0.5) is 5.69 Å². The Morgan fingerprint density at radius 1 is 1.15 bits per heavy atom. The van der Waals surface area contributed by atoms with E-state index in [1.165, 1.54) is 0 Å². The van der Waals surface area contributed by atoms with E-state index in [9.17, 15) is 9.90 Å². The Morgan fingerprint density at radius 3 is 2.60 bits per heavy atom. The van der Waals surface area contributed by atoms with Crippen LogP contribution in [0.3, 0.4) is 0 Å². The Balaban J connectivity index is 2.11. The molecule has 2 aromatic carbocycles. The van der Waals surface area contributed by atoms with E-state index in [0.29, 0.717) is 6.42 Å². The Morgan fingerprint density at radius 2 is 1.90 bits per heavy atom. The fourth-order valence-corrected chi connectivity index (χ4v) is 2.90. The van der Waals surface area contributed by atoms with Crippen LogP contribution in [-0.2, 0) is 6.42 Å². The molecule has 1 unspecified atom stereocenters. The second-order valence-corrected chi connectivity index (χ2v) is 5.16. The van der Waals surface area contributed by atoms with Gasteiger partial charge in [0.15, 0.2) is 0 Å². The maximum Gasteiger partial charge on any atom is 0.259 e. The quantitative estimate of drug-likeness (QED) is 0.908. The molecule has 2 aromatic rings. The molecule has 0 spiro atoms. The second-order valence-electron chi connectivity index (χ2n) is 5.16. The fraction of sp³-hybridized carbons (Fsp3) is 0.235. The summed E-state index contributed by atoms with van der Waals surface area (Å²) < 4.78 is 0. The van der Waals surface area contributed by atoms with Gasteiger partial charge in [-0.2, -0.15) is 0 Å². The minimum absolute atomic E-state index is 0.0189. The van der Waals surface area contributed by atoms with E-state index in [2.05, 4.69) is 0 Å². The monoisotopic (exact) mass is 267 g/mol. The van der Waals surface area contributed by atoms with Gasteiger partial charge in [0.2, 0.25) is 0 Å². The first-order valence-corrected chi connectivity index (χ1v) is 6.80. The van der Waals surface area contributed by atoms with Crippen LogP contribution in [0.1, 0.15) is 21.5 Å². The summed E-state index contributed by atoms with van der Waals surface area (Å²) in [6.07, 6.45) is 0.689. The van der Waals surface area contributed by atoms with Crippen LogP contribution in [0, 0.1) is 6.92 Å². The van der Waals surface area contributed by atoms with Gasteiger partial charge in [-0.15, -0.1) is 0 Å². The van der Waals surface area contributed by atoms with Gasteiger partial charge in [-0.1, -0.05) is 36.4 Å². The van der Waals surface area contributed by atoms with Gasteiger partial charge in [0.25, 0.3) is 5.91 Å². The average Bonchev–Trinajstić information content (AvgIpc) is 2.47. The van der Waals surface area contributed by atoms with E-state index in [1.54, 1.807) is 4.90 Å². The predicted octanol–water partition coefficient (Wildman–Crippen LogP) is 2.56. The molecule has 1 aliphatic heterocycles. The minimum atomic E-state index is -0.195. The first-order valence-electron chi connectivity index (χ1n) is 6.80. The fourth-order valence-electron chi connectivity index (χ4n) is 2.90. The normalized spacial score (nSPS) is 18.0. The van der Waals surface area contributed by atoms with Crippen molar-refractivity contribution in [1.82, 2.24) is 0 Å². The average molecular weight is 267 g/mol. The molecule has 0 aromatic heterocycles. The molecule has 0 fully saturated rings. The molecule has 0 saturated heterocycles. The molecular formula is C17H17NO2. The van der Waals surface area contributed by atoms with Crippen LogP contribution < -0.4 is 4.90 Å². The van der Waals surface area contributed by atoms with Gasteiger partial charge in [0, 0.05) is 11.3 Å². The lowest BCUT2D eigenvalue weighted by molar-refractivity contribution is 0.0951. The number of rotatable bonds is 2. The summed E-state index contributed by atoms with van der Waals surface area (Å²) in [7, 11) is 0. The standard InChI is InChI=1S/C17H17NO2/c1-12-6-5-7-13-10-15(11-19)18(17(20)16(12)13)14-8-3-2-4-9-14/h2-9,15,19H,10-11H2,1H3. The summed E-state index contributed by atoms with van der Waals surface area (Å²) in [6.45, 7) is 1.92. The molecule has 3 nitrogen and oxygen atoms in total. The van der Waals surface area contributed by atoms with Crippen molar-refractivity contribution >= 4 is 11.6 Å². The third kappa shape index (κ3) is 2.00. The van der Waals surface area contributed by atoms with Gasteiger partial charge in [0.1, 0.15) is 0 Å². The highest BCUT2D eigenvalue weighted by molar-refractivity contribution is 6.09. The molecule has 3 rings (SSSR count). The summed E-state index contributed by atoms with van der Waals surface area (Å²) in [5, 5.41) is 9.64. The molecule has 20 heavy (non-hydrogen) atoms. The van der Waals surface area contributed by atoms with Crippen molar-refractivity contribution in [2.75, 3.05) is 11.5 Å². The Bertz CT molecular complexity index is 637. The van der Waals surface area contributed by atoms with Gasteiger partial charge in [-0.3, -0.25) is 4.79 Å². The SMILES string of the molecule is Cc1cccc2c1C(=O)N(c1ccccc1)C(CO)C2. The molecule has 0 bridgehead atoms. The van der Waals surface area contributed by atoms with Crippen LogP contribution in [0.25, 0.3) is 0 Å². The van der Waals surface area contributed by atoms with Gasteiger partial charge in [-0.25, -0.2) is 0 Å². The molecule has 1 heterocycles. The Kier molecular flexibility index (Phi) is 3.28. The van der Waals surface area contributed by atoms with Crippen molar-refractivity contribution in [3.05, 3.63) is 65.2 Å². The Labute approximate surface area is 118 Å². The van der Waals surface area contributed by atoms with Crippen LogP contribution in [-0.4, -0.2) is 23.7 Å². The summed E-state index contributed by atoms with van der Waals surface area (Å²) in [5.74, 6) is -0.0189. The van der Waals surface area contributed by atoms with Crippen molar-refractivity contribution in [3.8, 4) is 0 Å². The van der Waals surface area contributed by atoms with Crippen molar-refractivity contribution < 1.29 is 9.90 Å². The zero-order valence-electron chi connectivity index (χ0n) is 11.4. The molecule has 1 aliphatic rings. The number of aliphatic hydroxyl groups is 1. The number of anilines is 1. The third-order valence-electron chi connectivity index (χ3n) is 3.86. The van der Waals surface area contributed by atoms with Crippen LogP contribution in [0.2, 0.25) is 0 Å². The molecule has 1 atom stereocenters. The molecular weight excluding hydrogens is 250 g/mol. The van der Waals surface area contributed by atoms with Crippen LogP contribution >= 0.6 is 0 Å². The highest BCUT2D eigenvalue weighted by Crippen LogP contribution is 2.29. The van der Waals surface area contributed by atoms with E-state index in [1.807, 2.05) is 55.5 Å². The maximum absolute atomic E-state index is 12.8. The number of hydrogen-bond acceptors (Lipinski definition) is 2. The Hall–Kier alpha value is -2.13. The third-order valence-corrected chi connectivity index (χ3v) is 3.86. The summed E-state index contributed by atoms with van der Waals surface area (Å²) in [5.41, 5.74) is 3.64. The molecule has 0 aliphatic carbocycles. The number of benzene rings is 2. The van der Waals surface area contributed by atoms with E-state index in [4.69, 9.17) is 0 Å². The van der Waals surface area contributed by atoms with Crippen LogP contribution in [0.15, 0.2) is 48.5 Å².